The topological polar surface area (TPSA) is 84.3 Å². The first-order valence-electron chi connectivity index (χ1n) is 5.27. The van der Waals surface area contributed by atoms with Gasteiger partial charge in [-0.05, 0) is 6.42 Å². The molecule has 0 spiro atoms. The molecule has 2 N–H and O–H groups in total. The largest absolute Gasteiger partial charge is 0.390 e. The lowest BCUT2D eigenvalue weighted by molar-refractivity contribution is -0.0230. The van der Waals surface area contributed by atoms with Crippen LogP contribution >= 0.6 is 0 Å². The van der Waals surface area contributed by atoms with Gasteiger partial charge in [0.15, 0.2) is 0 Å². The van der Waals surface area contributed by atoms with Crippen molar-refractivity contribution >= 4 is 0 Å². The molecule has 16 heavy (non-hydrogen) atoms. The Morgan fingerprint density at radius 3 is 2.94 bits per heavy atom. The second kappa shape index (κ2) is 4.23. The van der Waals surface area contributed by atoms with Crippen molar-refractivity contribution in [1.29, 1.82) is 0 Å². The van der Waals surface area contributed by atoms with Gasteiger partial charge in [-0.2, -0.15) is 0 Å². The highest BCUT2D eigenvalue weighted by molar-refractivity contribution is 4.88. The van der Waals surface area contributed by atoms with Crippen LogP contribution in [0.25, 0.3) is 0 Å². The van der Waals surface area contributed by atoms with Crippen LogP contribution in [0.3, 0.4) is 0 Å². The number of nitrogens with one attached hydrogen (secondary N) is 1. The van der Waals surface area contributed by atoms with Gasteiger partial charge < -0.3 is 14.8 Å². The molecule has 0 saturated carbocycles. The van der Waals surface area contributed by atoms with Crippen LogP contribution in [0.4, 0.5) is 0 Å². The number of hydrogen-bond acceptors (Lipinski definition) is 4. The Kier molecular flexibility index (Phi) is 2.93. The van der Waals surface area contributed by atoms with E-state index in [2.05, 4.69) is 4.98 Å². The highest BCUT2D eigenvalue weighted by Crippen LogP contribution is 2.28. The van der Waals surface area contributed by atoms with E-state index in [9.17, 15) is 14.7 Å². The van der Waals surface area contributed by atoms with Crippen LogP contribution in [-0.4, -0.2) is 26.9 Å². The number of aliphatic hydroxyl groups excluding tert-OH is 1. The summed E-state index contributed by atoms with van der Waals surface area (Å²) in [7, 11) is 0. The molecule has 1 aliphatic rings. The molecule has 0 unspecified atom stereocenters. The Morgan fingerprint density at radius 2 is 2.38 bits per heavy atom. The van der Waals surface area contributed by atoms with Crippen molar-refractivity contribution < 1.29 is 9.84 Å². The van der Waals surface area contributed by atoms with Crippen LogP contribution in [-0.2, 0) is 4.74 Å². The molecule has 0 radical (unpaired) electrons. The van der Waals surface area contributed by atoms with Crippen LogP contribution in [0.15, 0.2) is 21.9 Å². The predicted molar refractivity (Wildman–Crippen MR) is 56.1 cm³/mol. The molecule has 1 fully saturated rings. The van der Waals surface area contributed by atoms with Crippen molar-refractivity contribution in [3.63, 3.8) is 0 Å². The lowest BCUT2D eigenvalue weighted by atomic mass is 10.1. The van der Waals surface area contributed by atoms with Crippen LogP contribution in [0.1, 0.15) is 26.0 Å². The number of aliphatic hydroxyl groups is 1. The maximum Gasteiger partial charge on any atom is 0.330 e. The molecule has 88 valence electrons. The van der Waals surface area contributed by atoms with Gasteiger partial charge in [0.2, 0.25) is 0 Å². The lowest BCUT2D eigenvalue weighted by Gasteiger charge is -2.13. The summed E-state index contributed by atoms with van der Waals surface area (Å²) < 4.78 is 6.46. The number of ether oxygens (including phenoxy) is 1. The van der Waals surface area contributed by atoms with Crippen LogP contribution in [0, 0.1) is 0 Å². The number of nitrogens with zero attached hydrogens (tertiary/aromatic N) is 1. The summed E-state index contributed by atoms with van der Waals surface area (Å²) in [5.74, 6) is 0. The van der Waals surface area contributed by atoms with Crippen molar-refractivity contribution in [3.05, 3.63) is 33.1 Å². The van der Waals surface area contributed by atoms with Crippen LogP contribution in [0.2, 0.25) is 0 Å². The van der Waals surface area contributed by atoms with E-state index in [1.165, 1.54) is 12.3 Å². The fourth-order valence-corrected chi connectivity index (χ4v) is 1.95. The number of hydrogen-bond donors (Lipinski definition) is 2. The average Bonchev–Trinajstić information content (AvgIpc) is 2.59. The van der Waals surface area contributed by atoms with Gasteiger partial charge in [0.05, 0.1) is 12.2 Å². The molecule has 1 saturated heterocycles. The van der Waals surface area contributed by atoms with E-state index >= 15 is 0 Å². The van der Waals surface area contributed by atoms with Crippen molar-refractivity contribution in [2.45, 2.75) is 38.2 Å². The zero-order chi connectivity index (χ0) is 11.7. The molecule has 2 rings (SSSR count). The van der Waals surface area contributed by atoms with E-state index in [-0.39, 0.29) is 12.5 Å². The molecule has 1 aromatic rings. The summed E-state index contributed by atoms with van der Waals surface area (Å²) in [6.45, 7) is 1.88. The standard InChI is InChI=1S/C10H14N2O4/c1-2-7-6(13)5-9(16-7)12-8(14)3-4-11-10(12)15/h3-4,6-7,9,13H,2,5H2,1H3,(H,11,15)/t6-,7-,9-/m1/s1. The summed E-state index contributed by atoms with van der Waals surface area (Å²) >= 11 is 0. The Morgan fingerprint density at radius 1 is 1.62 bits per heavy atom. The van der Waals surface area contributed by atoms with E-state index in [0.29, 0.717) is 6.42 Å². The van der Waals surface area contributed by atoms with Crippen molar-refractivity contribution in [3.8, 4) is 0 Å². The van der Waals surface area contributed by atoms with Gasteiger partial charge in [0.25, 0.3) is 5.56 Å². The molecule has 0 aliphatic carbocycles. The summed E-state index contributed by atoms with van der Waals surface area (Å²) in [5, 5.41) is 9.65. The minimum Gasteiger partial charge on any atom is -0.390 e. The van der Waals surface area contributed by atoms with Gasteiger partial charge in [-0.15, -0.1) is 0 Å². The smallest absolute Gasteiger partial charge is 0.330 e. The molecule has 3 atom stereocenters. The van der Waals surface area contributed by atoms with Crippen molar-refractivity contribution in [2.24, 2.45) is 0 Å². The zero-order valence-electron chi connectivity index (χ0n) is 8.92. The van der Waals surface area contributed by atoms with Crippen LogP contribution in [0.5, 0.6) is 0 Å². The van der Waals surface area contributed by atoms with E-state index in [4.69, 9.17) is 4.74 Å². The predicted octanol–water partition coefficient (Wildman–Crippen LogP) is -0.405. The molecule has 0 amide bonds. The molecule has 1 aliphatic heterocycles. The first-order chi connectivity index (χ1) is 7.63. The Labute approximate surface area is 91.5 Å². The molecule has 6 nitrogen and oxygen atoms in total. The van der Waals surface area contributed by atoms with E-state index in [0.717, 1.165) is 4.57 Å². The number of rotatable bonds is 2. The SMILES string of the molecule is CC[C@H]1O[C@@H](n2c(=O)cc[nH]c2=O)C[C@H]1O. The molecule has 1 aromatic heterocycles. The maximum absolute atomic E-state index is 11.5. The third-order valence-corrected chi connectivity index (χ3v) is 2.78. The fourth-order valence-electron chi connectivity index (χ4n) is 1.95. The monoisotopic (exact) mass is 226 g/mol. The molecule has 6 heteroatoms. The number of H-pyrrole nitrogens is 1. The first-order valence-corrected chi connectivity index (χ1v) is 5.27. The third kappa shape index (κ3) is 1.81. The quantitative estimate of drug-likeness (QED) is 0.718. The van der Waals surface area contributed by atoms with Crippen molar-refractivity contribution in [1.82, 2.24) is 9.55 Å². The Bertz CT molecular complexity index is 450. The molecule has 0 aromatic carbocycles. The summed E-state index contributed by atoms with van der Waals surface area (Å²) in [6, 6.07) is 1.26. The fraction of sp³-hybridized carbons (Fsp3) is 0.600. The minimum atomic E-state index is -0.669. The highest BCUT2D eigenvalue weighted by atomic mass is 16.5. The van der Waals surface area contributed by atoms with Gasteiger partial charge in [0, 0.05) is 18.7 Å². The second-order valence-electron chi connectivity index (χ2n) is 3.83. The van der Waals surface area contributed by atoms with Crippen LogP contribution < -0.4 is 11.2 Å². The van der Waals surface area contributed by atoms with E-state index in [1.807, 2.05) is 6.92 Å². The summed E-state index contributed by atoms with van der Waals surface area (Å²) in [4.78, 5) is 25.4. The van der Waals surface area contributed by atoms with E-state index in [1.54, 1.807) is 0 Å². The molecular weight excluding hydrogens is 212 g/mol. The molecule has 2 heterocycles. The Hall–Kier alpha value is -1.40. The molecule has 0 bridgehead atoms. The second-order valence-corrected chi connectivity index (χ2v) is 3.83. The maximum atomic E-state index is 11.5. The Balaban J connectivity index is 2.34. The third-order valence-electron chi connectivity index (χ3n) is 2.78. The van der Waals surface area contributed by atoms with Gasteiger partial charge in [-0.3, -0.25) is 4.79 Å². The minimum absolute atomic E-state index is 0.269. The van der Waals surface area contributed by atoms with Gasteiger partial charge in [-0.25, -0.2) is 9.36 Å². The first kappa shape index (κ1) is 11.1. The van der Waals surface area contributed by atoms with E-state index < -0.39 is 23.6 Å². The molecular formula is C10H14N2O4. The highest BCUT2D eigenvalue weighted by Gasteiger charge is 2.34. The summed E-state index contributed by atoms with van der Waals surface area (Å²) in [6.07, 6.45) is 0.613. The number of aromatic nitrogens is 2. The zero-order valence-corrected chi connectivity index (χ0v) is 8.92. The average molecular weight is 226 g/mol. The van der Waals surface area contributed by atoms with Gasteiger partial charge in [-0.1, -0.05) is 6.92 Å². The van der Waals surface area contributed by atoms with Gasteiger partial charge in [0.1, 0.15) is 6.23 Å². The van der Waals surface area contributed by atoms with Crippen molar-refractivity contribution in [2.75, 3.05) is 0 Å². The normalized spacial score (nSPS) is 29.5. The van der Waals surface area contributed by atoms with Gasteiger partial charge >= 0.3 is 5.69 Å². The lowest BCUT2D eigenvalue weighted by Crippen LogP contribution is -2.37. The summed E-state index contributed by atoms with van der Waals surface area (Å²) in [5.41, 5.74) is -0.931. The number of aromatic amines is 1.